The molecule has 0 radical (unpaired) electrons. The van der Waals surface area contributed by atoms with Crippen LogP contribution in [0.4, 0.5) is 0 Å². The Balaban J connectivity index is 2.19. The maximum absolute atomic E-state index is 2.63. The fourth-order valence-corrected chi connectivity index (χ4v) is 7.03. The van der Waals surface area contributed by atoms with E-state index in [1.807, 2.05) is 0 Å². The molecule has 0 unspecified atom stereocenters. The first-order chi connectivity index (χ1) is 21.8. The number of aryl methyl sites for hydroxylation is 2. The zero-order valence-corrected chi connectivity index (χ0v) is 31.0. The van der Waals surface area contributed by atoms with Crippen LogP contribution in [-0.4, -0.2) is 4.57 Å². The fourth-order valence-electron chi connectivity index (χ4n) is 7.03. The highest BCUT2D eigenvalue weighted by Gasteiger charge is 2.16. The van der Waals surface area contributed by atoms with Crippen molar-refractivity contribution in [2.24, 2.45) is 0 Å². The van der Waals surface area contributed by atoms with Crippen LogP contribution >= 0.6 is 0 Å². The van der Waals surface area contributed by atoms with Crippen LogP contribution in [-0.2, 0) is 19.5 Å². The summed E-state index contributed by atoms with van der Waals surface area (Å²) in [7, 11) is 0. The van der Waals surface area contributed by atoms with Gasteiger partial charge in [0.1, 0.15) is 12.4 Å². The predicted octanol–water partition coefficient (Wildman–Crippen LogP) is 14.3. The van der Waals surface area contributed by atoms with Crippen LogP contribution in [0.1, 0.15) is 238 Å². The zero-order chi connectivity index (χ0) is 31.6. The lowest BCUT2D eigenvalue weighted by Crippen LogP contribution is -2.37. The monoisotopic (exact) mass is 616 g/mol. The normalized spacial score (nSPS) is 11.6. The summed E-state index contributed by atoms with van der Waals surface area (Å²) < 4.78 is 5.26. The van der Waals surface area contributed by atoms with Gasteiger partial charge in [-0.25, -0.2) is 9.13 Å². The zero-order valence-electron chi connectivity index (χ0n) is 31.0. The quantitative estimate of drug-likeness (QED) is 0.0524. The standard InChI is InChI=1S/C42H83N2/c1-4-7-10-13-15-17-19-21-22-23-25-27-29-31-34-37-42-43(38-35-32-12-9-6-3)40-41-44(42)39-36-33-30-28-26-24-20-18-16-14-11-8-5-2/h40-41H,4-39H2,1-3H3/q+1. The smallest absolute Gasteiger partial charge is 0.234 e. The SMILES string of the molecule is CCCCCCCCCCCCCCCCCc1n(CCCCCCC)cc[n+]1CCCCCCCCCCCCCCC. The highest BCUT2D eigenvalue weighted by atomic mass is 15.1. The molecule has 0 bridgehead atoms. The number of rotatable bonds is 36. The molecular weight excluding hydrogens is 532 g/mol. The third-order valence-electron chi connectivity index (χ3n) is 10.1. The lowest BCUT2D eigenvalue weighted by Gasteiger charge is -2.07. The van der Waals surface area contributed by atoms with E-state index in [-0.39, 0.29) is 0 Å². The van der Waals surface area contributed by atoms with Crippen molar-refractivity contribution in [1.29, 1.82) is 0 Å². The van der Waals surface area contributed by atoms with Crippen molar-refractivity contribution >= 4 is 0 Å². The fraction of sp³-hybridized carbons (Fsp3) is 0.929. The van der Waals surface area contributed by atoms with Gasteiger partial charge < -0.3 is 0 Å². The van der Waals surface area contributed by atoms with Gasteiger partial charge in [-0.05, 0) is 32.1 Å². The van der Waals surface area contributed by atoms with E-state index < -0.39 is 0 Å². The summed E-state index contributed by atoms with van der Waals surface area (Å²) in [6, 6.07) is 0. The van der Waals surface area contributed by atoms with Crippen molar-refractivity contribution in [3.63, 3.8) is 0 Å². The van der Waals surface area contributed by atoms with Crippen LogP contribution in [0, 0.1) is 0 Å². The van der Waals surface area contributed by atoms with Crippen molar-refractivity contribution < 1.29 is 4.57 Å². The molecule has 1 rings (SSSR count). The van der Waals surface area contributed by atoms with E-state index >= 15 is 0 Å². The lowest BCUT2D eigenvalue weighted by atomic mass is 10.0. The third-order valence-corrected chi connectivity index (χ3v) is 10.1. The van der Waals surface area contributed by atoms with Gasteiger partial charge in [0.2, 0.25) is 0 Å². The summed E-state index contributed by atoms with van der Waals surface area (Å²) in [4.78, 5) is 0. The maximum atomic E-state index is 2.63. The van der Waals surface area contributed by atoms with Crippen molar-refractivity contribution in [3.05, 3.63) is 18.2 Å². The van der Waals surface area contributed by atoms with Gasteiger partial charge >= 0.3 is 0 Å². The van der Waals surface area contributed by atoms with E-state index in [0.717, 1.165) is 0 Å². The van der Waals surface area contributed by atoms with Crippen LogP contribution < -0.4 is 4.57 Å². The molecule has 1 aromatic heterocycles. The molecule has 260 valence electrons. The van der Waals surface area contributed by atoms with Crippen LogP contribution in [0.5, 0.6) is 0 Å². The first-order valence-electron chi connectivity index (χ1n) is 20.9. The molecule has 2 heteroatoms. The second-order valence-electron chi connectivity index (χ2n) is 14.5. The van der Waals surface area contributed by atoms with E-state index in [1.165, 1.54) is 231 Å². The summed E-state index contributed by atoms with van der Waals surface area (Å²) in [6.45, 7) is 9.40. The van der Waals surface area contributed by atoms with E-state index in [0.29, 0.717) is 0 Å². The minimum absolute atomic E-state index is 1.23. The Morgan fingerprint density at radius 2 is 0.705 bits per heavy atom. The molecule has 2 nitrogen and oxygen atoms in total. The van der Waals surface area contributed by atoms with E-state index in [1.54, 1.807) is 5.82 Å². The Hall–Kier alpha value is -0.790. The Labute approximate surface area is 279 Å². The van der Waals surface area contributed by atoms with Gasteiger partial charge in [0.15, 0.2) is 0 Å². The molecule has 1 heterocycles. The molecule has 0 amide bonds. The Kier molecular flexibility index (Phi) is 31.5. The number of unbranched alkanes of at least 4 members (excludes halogenated alkanes) is 30. The van der Waals surface area contributed by atoms with Gasteiger partial charge in [-0.2, -0.15) is 0 Å². The summed E-state index contributed by atoms with van der Waals surface area (Å²) in [6.07, 6.45) is 53.4. The van der Waals surface area contributed by atoms with Crippen molar-refractivity contribution in [2.75, 3.05) is 0 Å². The molecule has 44 heavy (non-hydrogen) atoms. The van der Waals surface area contributed by atoms with Crippen LogP contribution in [0.25, 0.3) is 0 Å². The van der Waals surface area contributed by atoms with Crippen LogP contribution in [0.3, 0.4) is 0 Å². The minimum Gasteiger partial charge on any atom is -0.234 e. The van der Waals surface area contributed by atoms with E-state index in [2.05, 4.69) is 42.3 Å². The Morgan fingerprint density at radius 1 is 0.386 bits per heavy atom. The van der Waals surface area contributed by atoms with Gasteiger partial charge in [0.05, 0.1) is 13.1 Å². The van der Waals surface area contributed by atoms with Gasteiger partial charge in [-0.1, -0.05) is 201 Å². The largest absolute Gasteiger partial charge is 0.256 e. The van der Waals surface area contributed by atoms with Crippen LogP contribution in [0.2, 0.25) is 0 Å². The number of imidazole rings is 1. The summed E-state index contributed by atoms with van der Waals surface area (Å²) in [5, 5.41) is 0. The van der Waals surface area contributed by atoms with Gasteiger partial charge in [0, 0.05) is 6.42 Å². The predicted molar refractivity (Wildman–Crippen MR) is 198 cm³/mol. The molecule has 0 spiro atoms. The molecule has 0 aromatic carbocycles. The number of aromatic nitrogens is 2. The molecule has 0 fully saturated rings. The Bertz CT molecular complexity index is 677. The number of nitrogens with zero attached hydrogens (tertiary/aromatic N) is 2. The van der Waals surface area contributed by atoms with Gasteiger partial charge in [-0.15, -0.1) is 0 Å². The average Bonchev–Trinajstić information content (AvgIpc) is 3.42. The molecule has 0 atom stereocenters. The maximum Gasteiger partial charge on any atom is 0.256 e. The highest BCUT2D eigenvalue weighted by molar-refractivity contribution is 4.84. The average molecular weight is 616 g/mol. The highest BCUT2D eigenvalue weighted by Crippen LogP contribution is 2.16. The molecule has 0 aliphatic rings. The molecule has 1 aromatic rings. The van der Waals surface area contributed by atoms with Crippen molar-refractivity contribution in [1.82, 2.24) is 4.57 Å². The first-order valence-corrected chi connectivity index (χ1v) is 20.9. The van der Waals surface area contributed by atoms with E-state index in [9.17, 15) is 0 Å². The van der Waals surface area contributed by atoms with Crippen LogP contribution in [0.15, 0.2) is 12.4 Å². The van der Waals surface area contributed by atoms with Crippen molar-refractivity contribution in [3.8, 4) is 0 Å². The molecule has 0 aliphatic carbocycles. The summed E-state index contributed by atoms with van der Waals surface area (Å²) in [5.41, 5.74) is 0. The summed E-state index contributed by atoms with van der Waals surface area (Å²) in [5.74, 6) is 1.62. The summed E-state index contributed by atoms with van der Waals surface area (Å²) >= 11 is 0. The molecule has 0 N–H and O–H groups in total. The molecule has 0 aliphatic heterocycles. The Morgan fingerprint density at radius 3 is 1.09 bits per heavy atom. The minimum atomic E-state index is 1.23. The first kappa shape index (κ1) is 41.2. The topological polar surface area (TPSA) is 8.81 Å². The number of hydrogen-bond acceptors (Lipinski definition) is 0. The molecule has 0 saturated carbocycles. The second kappa shape index (κ2) is 33.6. The van der Waals surface area contributed by atoms with Gasteiger partial charge in [0.25, 0.3) is 5.82 Å². The van der Waals surface area contributed by atoms with E-state index in [4.69, 9.17) is 0 Å². The number of hydrogen-bond donors (Lipinski definition) is 0. The lowest BCUT2D eigenvalue weighted by molar-refractivity contribution is -0.704. The van der Waals surface area contributed by atoms with Gasteiger partial charge in [-0.3, -0.25) is 0 Å². The second-order valence-corrected chi connectivity index (χ2v) is 14.5. The van der Waals surface area contributed by atoms with Crippen molar-refractivity contribution in [2.45, 2.75) is 252 Å². The third kappa shape index (κ3) is 25.4. The molecule has 0 saturated heterocycles. The molecular formula is C42H83N2+.